The van der Waals surface area contributed by atoms with Gasteiger partial charge in [0.2, 0.25) is 5.91 Å². The molecule has 5 nitrogen and oxygen atoms in total. The van der Waals surface area contributed by atoms with Gasteiger partial charge in [0.05, 0.1) is 5.60 Å². The van der Waals surface area contributed by atoms with Crippen molar-refractivity contribution in [3.8, 4) is 0 Å². The van der Waals surface area contributed by atoms with Crippen LogP contribution in [0.2, 0.25) is 0 Å². The van der Waals surface area contributed by atoms with E-state index in [-0.39, 0.29) is 12.5 Å². The maximum Gasteiger partial charge on any atom is 0.302 e. The predicted octanol–water partition coefficient (Wildman–Crippen LogP) is -0.173. The molecule has 0 aliphatic rings. The molecule has 0 aromatic heterocycles. The molecule has 0 rings (SSSR count). The molecular weight excluding hydrogens is 186 g/mol. The van der Waals surface area contributed by atoms with Gasteiger partial charge in [0, 0.05) is 20.4 Å². The van der Waals surface area contributed by atoms with Gasteiger partial charge in [0.1, 0.15) is 6.61 Å². The van der Waals surface area contributed by atoms with Crippen molar-refractivity contribution in [1.82, 2.24) is 5.32 Å². The Kier molecular flexibility index (Phi) is 5.15. The van der Waals surface area contributed by atoms with Gasteiger partial charge in [-0.3, -0.25) is 9.59 Å². The van der Waals surface area contributed by atoms with Gasteiger partial charge in [0.15, 0.2) is 0 Å². The molecule has 0 fully saturated rings. The fraction of sp³-hybridized carbons (Fsp3) is 0.778. The second-order valence-corrected chi connectivity index (χ2v) is 3.51. The van der Waals surface area contributed by atoms with Crippen LogP contribution in [0.1, 0.15) is 27.2 Å². The number of amides is 1. The third-order valence-electron chi connectivity index (χ3n) is 1.62. The van der Waals surface area contributed by atoms with E-state index in [1.807, 2.05) is 0 Å². The summed E-state index contributed by atoms with van der Waals surface area (Å²) in [5.74, 6) is -0.571. The summed E-state index contributed by atoms with van der Waals surface area (Å²) >= 11 is 0. The Balaban J connectivity index is 3.71. The van der Waals surface area contributed by atoms with Gasteiger partial charge in [-0.25, -0.2) is 0 Å². The zero-order valence-corrected chi connectivity index (χ0v) is 8.79. The molecule has 2 N–H and O–H groups in total. The molecule has 0 unspecified atom stereocenters. The first-order valence-corrected chi connectivity index (χ1v) is 4.44. The third-order valence-corrected chi connectivity index (χ3v) is 1.62. The topological polar surface area (TPSA) is 75.6 Å². The van der Waals surface area contributed by atoms with Crippen LogP contribution in [-0.4, -0.2) is 35.7 Å². The van der Waals surface area contributed by atoms with Crippen molar-refractivity contribution in [2.75, 3.05) is 13.2 Å². The summed E-state index contributed by atoms with van der Waals surface area (Å²) in [6, 6.07) is 0. The van der Waals surface area contributed by atoms with Crippen molar-refractivity contribution in [1.29, 1.82) is 0 Å². The van der Waals surface area contributed by atoms with Crippen LogP contribution < -0.4 is 5.32 Å². The highest BCUT2D eigenvalue weighted by molar-refractivity contribution is 5.72. The van der Waals surface area contributed by atoms with E-state index < -0.39 is 11.6 Å². The SMILES string of the molecule is CC(=O)NCC[C@@](C)(O)COC(C)=O. The average Bonchev–Trinajstić information content (AvgIpc) is 2.00. The van der Waals surface area contributed by atoms with E-state index in [1.54, 1.807) is 6.92 Å². The molecule has 0 aromatic rings. The molecule has 0 aliphatic carbocycles. The number of nitrogens with one attached hydrogen (secondary N) is 1. The van der Waals surface area contributed by atoms with E-state index >= 15 is 0 Å². The lowest BCUT2D eigenvalue weighted by Crippen LogP contribution is -2.36. The molecule has 0 aliphatic heterocycles. The number of rotatable bonds is 5. The number of carbonyl (C=O) groups excluding carboxylic acids is 2. The zero-order chi connectivity index (χ0) is 11.2. The van der Waals surface area contributed by atoms with E-state index in [9.17, 15) is 14.7 Å². The molecule has 0 saturated heterocycles. The van der Waals surface area contributed by atoms with Crippen molar-refractivity contribution >= 4 is 11.9 Å². The quantitative estimate of drug-likeness (QED) is 0.608. The van der Waals surface area contributed by atoms with Gasteiger partial charge in [-0.15, -0.1) is 0 Å². The summed E-state index contributed by atoms with van der Waals surface area (Å²) in [5.41, 5.74) is -1.09. The van der Waals surface area contributed by atoms with Crippen LogP contribution in [-0.2, 0) is 14.3 Å². The predicted molar refractivity (Wildman–Crippen MR) is 50.6 cm³/mol. The van der Waals surface area contributed by atoms with Crippen LogP contribution >= 0.6 is 0 Å². The normalized spacial score (nSPS) is 14.3. The summed E-state index contributed by atoms with van der Waals surface area (Å²) in [4.78, 5) is 21.0. The summed E-state index contributed by atoms with van der Waals surface area (Å²) in [7, 11) is 0. The molecule has 5 heteroatoms. The Morgan fingerprint density at radius 3 is 2.43 bits per heavy atom. The van der Waals surface area contributed by atoms with Crippen LogP contribution in [0, 0.1) is 0 Å². The Hall–Kier alpha value is -1.10. The number of hydrogen-bond acceptors (Lipinski definition) is 4. The van der Waals surface area contributed by atoms with Crippen LogP contribution in [0.15, 0.2) is 0 Å². The Bertz CT molecular complexity index is 213. The zero-order valence-electron chi connectivity index (χ0n) is 8.79. The number of ether oxygens (including phenoxy) is 1. The minimum atomic E-state index is -1.09. The molecule has 0 saturated carbocycles. The fourth-order valence-electron chi connectivity index (χ4n) is 0.837. The first-order chi connectivity index (χ1) is 6.33. The van der Waals surface area contributed by atoms with Gasteiger partial charge in [0.25, 0.3) is 0 Å². The lowest BCUT2D eigenvalue weighted by atomic mass is 10.0. The minimum Gasteiger partial charge on any atom is -0.463 e. The van der Waals surface area contributed by atoms with Gasteiger partial charge in [-0.05, 0) is 13.3 Å². The smallest absolute Gasteiger partial charge is 0.302 e. The minimum absolute atomic E-state index is 0.0537. The van der Waals surface area contributed by atoms with Crippen molar-refractivity contribution in [2.24, 2.45) is 0 Å². The largest absolute Gasteiger partial charge is 0.463 e. The van der Waals surface area contributed by atoms with Crippen molar-refractivity contribution in [2.45, 2.75) is 32.8 Å². The maximum absolute atomic E-state index is 10.5. The standard InChI is InChI=1S/C9H17NO4/c1-7(11)10-5-4-9(3,13)6-14-8(2)12/h13H,4-6H2,1-3H3,(H,10,11)/t9-/m1/s1. The van der Waals surface area contributed by atoms with Gasteiger partial charge in [-0.2, -0.15) is 0 Å². The van der Waals surface area contributed by atoms with Gasteiger partial charge in [-0.1, -0.05) is 0 Å². The fourth-order valence-corrected chi connectivity index (χ4v) is 0.837. The summed E-state index contributed by atoms with van der Waals surface area (Å²) in [6.07, 6.45) is 0.347. The molecule has 82 valence electrons. The average molecular weight is 203 g/mol. The highest BCUT2D eigenvalue weighted by Crippen LogP contribution is 2.08. The Morgan fingerprint density at radius 1 is 1.43 bits per heavy atom. The van der Waals surface area contributed by atoms with Gasteiger partial charge < -0.3 is 15.2 Å². The second-order valence-electron chi connectivity index (χ2n) is 3.51. The highest BCUT2D eigenvalue weighted by atomic mass is 16.5. The molecule has 0 spiro atoms. The molecule has 14 heavy (non-hydrogen) atoms. The summed E-state index contributed by atoms with van der Waals surface area (Å²) < 4.78 is 4.66. The van der Waals surface area contributed by atoms with E-state index in [1.165, 1.54) is 13.8 Å². The first kappa shape index (κ1) is 12.9. The molecule has 1 amide bonds. The van der Waals surface area contributed by atoms with E-state index in [0.29, 0.717) is 13.0 Å². The Morgan fingerprint density at radius 2 is 2.00 bits per heavy atom. The lowest BCUT2D eigenvalue weighted by Gasteiger charge is -2.22. The molecular formula is C9H17NO4. The number of hydrogen-bond donors (Lipinski definition) is 2. The van der Waals surface area contributed by atoms with E-state index in [0.717, 1.165) is 0 Å². The van der Waals surface area contributed by atoms with Crippen LogP contribution in [0.5, 0.6) is 0 Å². The molecule has 0 radical (unpaired) electrons. The Labute approximate surface area is 83.4 Å². The van der Waals surface area contributed by atoms with Crippen LogP contribution in [0.25, 0.3) is 0 Å². The van der Waals surface area contributed by atoms with Crippen LogP contribution in [0.3, 0.4) is 0 Å². The second kappa shape index (κ2) is 5.59. The molecule has 0 bridgehead atoms. The van der Waals surface area contributed by atoms with Crippen LogP contribution in [0.4, 0.5) is 0 Å². The molecule has 0 heterocycles. The number of carbonyl (C=O) groups is 2. The lowest BCUT2D eigenvalue weighted by molar-refractivity contribution is -0.148. The molecule has 1 atom stereocenters. The van der Waals surface area contributed by atoms with E-state index in [4.69, 9.17) is 0 Å². The first-order valence-electron chi connectivity index (χ1n) is 4.44. The van der Waals surface area contributed by atoms with Crippen molar-refractivity contribution in [3.63, 3.8) is 0 Å². The number of esters is 1. The molecule has 0 aromatic carbocycles. The monoisotopic (exact) mass is 203 g/mol. The summed E-state index contributed by atoms with van der Waals surface area (Å²) in [6.45, 7) is 4.55. The van der Waals surface area contributed by atoms with Crippen molar-refractivity contribution in [3.05, 3.63) is 0 Å². The highest BCUT2D eigenvalue weighted by Gasteiger charge is 2.21. The third kappa shape index (κ3) is 7.54. The summed E-state index contributed by atoms with van der Waals surface area (Å²) in [5, 5.41) is 12.2. The van der Waals surface area contributed by atoms with Crippen molar-refractivity contribution < 1.29 is 19.4 Å². The van der Waals surface area contributed by atoms with Gasteiger partial charge >= 0.3 is 5.97 Å². The number of aliphatic hydroxyl groups is 1. The van der Waals surface area contributed by atoms with E-state index in [2.05, 4.69) is 10.1 Å². The maximum atomic E-state index is 10.5.